The summed E-state index contributed by atoms with van der Waals surface area (Å²) in [6.07, 6.45) is 9.11. The fourth-order valence-electron chi connectivity index (χ4n) is 8.17. The molecule has 0 aliphatic heterocycles. The van der Waals surface area contributed by atoms with Crippen LogP contribution in [-0.4, -0.2) is 35.3 Å². The van der Waals surface area contributed by atoms with Gasteiger partial charge in [0.25, 0.3) is 5.91 Å². The summed E-state index contributed by atoms with van der Waals surface area (Å²) in [5.41, 5.74) is 5.43. The molecule has 7 heteroatoms. The molecule has 0 radical (unpaired) electrons. The summed E-state index contributed by atoms with van der Waals surface area (Å²) in [6, 6.07) is 0. The number of hydrogen-bond acceptors (Lipinski definition) is 6. The molecule has 3 fully saturated rings. The first kappa shape index (κ1) is 24.0. The molecule has 4 rings (SSSR count). The lowest BCUT2D eigenvalue weighted by molar-refractivity contribution is -0.184. The maximum Gasteiger partial charge on any atom is 0.303 e. The van der Waals surface area contributed by atoms with Gasteiger partial charge in [0, 0.05) is 25.7 Å². The molecule has 0 aromatic carbocycles. The molecule has 0 bridgehead atoms. The maximum absolute atomic E-state index is 12.4. The number of amides is 1. The third kappa shape index (κ3) is 3.81. The fraction of sp³-hybridized carbons (Fsp3) is 0.769. The molecule has 3 saturated carbocycles. The van der Waals surface area contributed by atoms with Gasteiger partial charge in [-0.2, -0.15) is 0 Å². The molecule has 0 heterocycles. The number of nitrogens with two attached hydrogens (primary N) is 1. The van der Waals surface area contributed by atoms with Gasteiger partial charge >= 0.3 is 11.9 Å². The van der Waals surface area contributed by atoms with Crippen molar-refractivity contribution in [3.05, 3.63) is 11.6 Å². The average molecular weight is 460 g/mol. The van der Waals surface area contributed by atoms with Gasteiger partial charge in [0.05, 0.1) is 6.42 Å². The van der Waals surface area contributed by atoms with Crippen LogP contribution in [-0.2, 0) is 28.7 Å². The number of ketones is 1. The average Bonchev–Trinajstić information content (AvgIpc) is 2.99. The van der Waals surface area contributed by atoms with E-state index in [2.05, 4.69) is 19.9 Å². The van der Waals surface area contributed by atoms with Crippen molar-refractivity contribution in [1.29, 1.82) is 0 Å². The van der Waals surface area contributed by atoms with E-state index in [-0.39, 0.29) is 29.3 Å². The Hall–Kier alpha value is -2.18. The largest absolute Gasteiger partial charge is 0.462 e. The van der Waals surface area contributed by atoms with E-state index in [1.165, 1.54) is 19.4 Å². The fourth-order valence-corrected chi connectivity index (χ4v) is 8.17. The Morgan fingerprint density at radius 1 is 1.00 bits per heavy atom. The number of hydrogen-bond donors (Lipinski definition) is 1. The van der Waals surface area contributed by atoms with Crippen LogP contribution in [0.4, 0.5) is 0 Å². The highest BCUT2D eigenvalue weighted by molar-refractivity contribution is 6.35. The number of carbonyl (C=O) groups excluding carboxylic acids is 4. The zero-order valence-electron chi connectivity index (χ0n) is 20.3. The monoisotopic (exact) mass is 459 g/mol. The lowest BCUT2D eigenvalue weighted by Gasteiger charge is -2.59. The number of fused-ring (bicyclic) bond motifs is 5. The van der Waals surface area contributed by atoms with Crippen molar-refractivity contribution in [2.75, 3.05) is 0 Å². The predicted octanol–water partition coefficient (Wildman–Crippen LogP) is 3.63. The smallest absolute Gasteiger partial charge is 0.303 e. The van der Waals surface area contributed by atoms with Crippen LogP contribution in [0.25, 0.3) is 0 Å². The van der Waals surface area contributed by atoms with Crippen molar-refractivity contribution in [2.45, 2.75) is 97.2 Å². The van der Waals surface area contributed by atoms with Crippen LogP contribution >= 0.6 is 0 Å². The van der Waals surface area contributed by atoms with Gasteiger partial charge in [-0.25, -0.2) is 0 Å². The highest BCUT2D eigenvalue weighted by atomic mass is 16.6. The molecular formula is C26H37NO6. The van der Waals surface area contributed by atoms with Crippen molar-refractivity contribution >= 4 is 23.6 Å². The second-order valence-electron chi connectivity index (χ2n) is 11.3. The topological polar surface area (TPSA) is 113 Å². The molecule has 0 aromatic heterocycles. The summed E-state index contributed by atoms with van der Waals surface area (Å²) in [4.78, 5) is 47.6. The number of ether oxygens (including phenoxy) is 2. The molecule has 182 valence electrons. The lowest BCUT2D eigenvalue weighted by Crippen LogP contribution is -2.57. The van der Waals surface area contributed by atoms with Crippen LogP contribution in [0, 0.1) is 28.6 Å². The molecule has 7 atom stereocenters. The van der Waals surface area contributed by atoms with Gasteiger partial charge in [0.15, 0.2) is 0 Å². The zero-order valence-corrected chi connectivity index (χ0v) is 20.3. The molecule has 7 nitrogen and oxygen atoms in total. The molecular weight excluding hydrogens is 422 g/mol. The van der Waals surface area contributed by atoms with Crippen LogP contribution in [0.1, 0.15) is 85.5 Å². The van der Waals surface area contributed by atoms with Gasteiger partial charge in [-0.1, -0.05) is 25.5 Å². The minimum Gasteiger partial charge on any atom is -0.462 e. The molecule has 0 spiro atoms. The Morgan fingerprint density at radius 3 is 2.33 bits per heavy atom. The minimum atomic E-state index is -0.974. The van der Waals surface area contributed by atoms with Gasteiger partial charge in [-0.3, -0.25) is 19.2 Å². The first-order chi connectivity index (χ1) is 15.4. The summed E-state index contributed by atoms with van der Waals surface area (Å²) >= 11 is 0. The minimum absolute atomic E-state index is 0.0323. The Balaban J connectivity index is 1.63. The summed E-state index contributed by atoms with van der Waals surface area (Å²) < 4.78 is 11.5. The van der Waals surface area contributed by atoms with E-state index in [4.69, 9.17) is 15.2 Å². The summed E-state index contributed by atoms with van der Waals surface area (Å²) in [5, 5.41) is 0. The van der Waals surface area contributed by atoms with Gasteiger partial charge < -0.3 is 15.2 Å². The number of esters is 2. The van der Waals surface area contributed by atoms with Gasteiger partial charge in [0.2, 0.25) is 5.78 Å². The van der Waals surface area contributed by atoms with Crippen molar-refractivity contribution in [3.8, 4) is 0 Å². The Kier molecular flexibility index (Phi) is 5.98. The van der Waals surface area contributed by atoms with Crippen molar-refractivity contribution in [1.82, 2.24) is 0 Å². The highest BCUT2D eigenvalue weighted by Crippen LogP contribution is 2.68. The van der Waals surface area contributed by atoms with Crippen LogP contribution in [0.5, 0.6) is 0 Å². The third-order valence-corrected chi connectivity index (χ3v) is 9.74. The Labute approximate surface area is 195 Å². The molecule has 4 aliphatic rings. The standard InChI is InChI=1S/C26H37NO6/c1-15(28)32-18-7-10-24(3)17(13-18)5-6-19-20(24)8-11-25(4)21(19)9-12-26(25,33-16(2)29)14-22(30)23(27)31/h5,18-21H,6-14H2,1-4H3,(H2,27,31)/t18?,19-,20-,21+,24+,25+,26?/m1/s1. The van der Waals surface area contributed by atoms with E-state index in [1.807, 2.05) is 0 Å². The van der Waals surface area contributed by atoms with Gasteiger partial charge in [0.1, 0.15) is 11.7 Å². The number of rotatable bonds is 5. The second kappa shape index (κ2) is 8.24. The molecule has 1 amide bonds. The SMILES string of the molecule is CC(=O)OC1CC[C@@]2(C)C(=CC[C@@H]3[C@H]2CC[C@@]2(C)[C@H]3CCC2(CC(=O)C(N)=O)OC(C)=O)C1. The van der Waals surface area contributed by atoms with Crippen LogP contribution in [0.3, 0.4) is 0 Å². The summed E-state index contributed by atoms with van der Waals surface area (Å²) in [5.74, 6) is -1.02. The quantitative estimate of drug-likeness (QED) is 0.382. The molecule has 0 aromatic rings. The van der Waals surface area contributed by atoms with Crippen molar-refractivity contribution in [2.24, 2.45) is 34.3 Å². The van der Waals surface area contributed by atoms with Crippen molar-refractivity contribution in [3.63, 3.8) is 0 Å². The third-order valence-electron chi connectivity index (χ3n) is 9.74. The number of allylic oxidation sites excluding steroid dienone is 1. The highest BCUT2D eigenvalue weighted by Gasteiger charge is 2.66. The maximum atomic E-state index is 12.4. The predicted molar refractivity (Wildman–Crippen MR) is 121 cm³/mol. The zero-order chi connectivity index (χ0) is 24.2. The molecule has 33 heavy (non-hydrogen) atoms. The Bertz CT molecular complexity index is 910. The van der Waals surface area contributed by atoms with E-state index in [9.17, 15) is 19.2 Å². The lowest BCUT2D eigenvalue weighted by atomic mass is 9.46. The van der Waals surface area contributed by atoms with E-state index in [0.29, 0.717) is 24.2 Å². The second-order valence-corrected chi connectivity index (χ2v) is 11.3. The number of Topliss-reactive ketones (excluding diaryl/α,β-unsaturated/α-hetero) is 1. The van der Waals surface area contributed by atoms with Crippen LogP contribution in [0.2, 0.25) is 0 Å². The molecule has 0 saturated heterocycles. The van der Waals surface area contributed by atoms with Crippen LogP contribution < -0.4 is 5.73 Å². The number of primary amides is 1. The number of carbonyl (C=O) groups is 4. The van der Waals surface area contributed by atoms with Crippen LogP contribution in [0.15, 0.2) is 11.6 Å². The van der Waals surface area contributed by atoms with E-state index in [0.717, 1.165) is 44.9 Å². The first-order valence-corrected chi connectivity index (χ1v) is 12.3. The molecule has 2 unspecified atom stereocenters. The van der Waals surface area contributed by atoms with E-state index < -0.39 is 23.3 Å². The van der Waals surface area contributed by atoms with Crippen molar-refractivity contribution < 1.29 is 28.7 Å². The van der Waals surface area contributed by atoms with Gasteiger partial charge in [-0.05, 0) is 68.1 Å². The molecule has 4 aliphatic carbocycles. The van der Waals surface area contributed by atoms with E-state index >= 15 is 0 Å². The molecule has 2 N–H and O–H groups in total. The normalized spacial score (nSPS) is 41.6. The van der Waals surface area contributed by atoms with Gasteiger partial charge in [-0.15, -0.1) is 0 Å². The Morgan fingerprint density at radius 2 is 1.70 bits per heavy atom. The van der Waals surface area contributed by atoms with E-state index in [1.54, 1.807) is 0 Å². The summed E-state index contributed by atoms with van der Waals surface area (Å²) in [7, 11) is 0. The summed E-state index contributed by atoms with van der Waals surface area (Å²) in [6.45, 7) is 7.36. The first-order valence-electron chi connectivity index (χ1n) is 12.3.